The van der Waals surface area contributed by atoms with Crippen LogP contribution < -0.4 is 4.74 Å². The smallest absolute Gasteiger partial charge is 0.375 e. The number of rotatable bonds is 4. The second kappa shape index (κ2) is 5.32. The summed E-state index contributed by atoms with van der Waals surface area (Å²) >= 11 is 0. The van der Waals surface area contributed by atoms with E-state index in [1.807, 2.05) is 55.5 Å². The third kappa shape index (κ3) is 2.25. The van der Waals surface area contributed by atoms with E-state index >= 15 is 0 Å². The van der Waals surface area contributed by atoms with Gasteiger partial charge in [-0.1, -0.05) is 42.5 Å². The van der Waals surface area contributed by atoms with E-state index in [-0.39, 0.29) is 11.5 Å². The molecule has 3 rings (SSSR count). The van der Waals surface area contributed by atoms with Crippen molar-refractivity contribution in [2.24, 2.45) is 0 Å². The lowest BCUT2D eigenvalue weighted by Crippen LogP contribution is -1.99. The number of ether oxygens (including phenoxy) is 1. The molecular weight excluding hydrogens is 268 g/mol. The molecule has 106 valence electrons. The minimum Gasteiger partial charge on any atom is -0.489 e. The van der Waals surface area contributed by atoms with E-state index in [0.717, 1.165) is 11.1 Å². The highest BCUT2D eigenvalue weighted by molar-refractivity contribution is 6.02. The van der Waals surface area contributed by atoms with Crippen molar-refractivity contribution in [1.29, 1.82) is 0 Å². The normalized spacial score (nSPS) is 10.7. The number of carboxylic acids is 1. The van der Waals surface area contributed by atoms with Gasteiger partial charge in [0, 0.05) is 5.56 Å². The van der Waals surface area contributed by atoms with Gasteiger partial charge >= 0.3 is 5.97 Å². The van der Waals surface area contributed by atoms with Crippen molar-refractivity contribution in [3.63, 3.8) is 0 Å². The highest BCUT2D eigenvalue weighted by atomic mass is 16.5. The molecule has 4 nitrogen and oxygen atoms in total. The Kier molecular flexibility index (Phi) is 3.36. The van der Waals surface area contributed by atoms with Gasteiger partial charge in [0.25, 0.3) is 5.76 Å². The second-order valence-corrected chi connectivity index (χ2v) is 4.55. The molecule has 1 aromatic heterocycles. The molecule has 0 radical (unpaired) electrons. The number of para-hydroxylation sites is 1. The summed E-state index contributed by atoms with van der Waals surface area (Å²) in [6, 6.07) is 15.3. The summed E-state index contributed by atoms with van der Waals surface area (Å²) in [5, 5.41) is 9.96. The minimum absolute atomic E-state index is 0.157. The van der Waals surface area contributed by atoms with Crippen molar-refractivity contribution in [3.05, 3.63) is 54.3 Å². The number of carbonyl (C=O) groups is 1. The summed E-state index contributed by atoms with van der Waals surface area (Å²) in [6.07, 6.45) is 0. The molecule has 2 aromatic carbocycles. The Hall–Kier alpha value is -2.75. The molecule has 0 bridgehead atoms. The number of carboxylic acid groups (broad SMARTS) is 1. The van der Waals surface area contributed by atoms with Crippen LogP contribution in [0, 0.1) is 0 Å². The fourth-order valence-electron chi connectivity index (χ4n) is 2.37. The summed E-state index contributed by atoms with van der Waals surface area (Å²) in [6.45, 7) is 2.19. The van der Waals surface area contributed by atoms with Crippen LogP contribution in [0.5, 0.6) is 5.75 Å². The van der Waals surface area contributed by atoms with Crippen LogP contribution in [0.1, 0.15) is 17.5 Å². The lowest BCUT2D eigenvalue weighted by atomic mass is 10.0. The van der Waals surface area contributed by atoms with E-state index in [2.05, 4.69) is 0 Å². The zero-order chi connectivity index (χ0) is 14.8. The van der Waals surface area contributed by atoms with E-state index in [4.69, 9.17) is 9.15 Å². The van der Waals surface area contributed by atoms with Crippen molar-refractivity contribution in [1.82, 2.24) is 0 Å². The number of benzene rings is 2. The molecule has 0 aliphatic rings. The fourth-order valence-corrected chi connectivity index (χ4v) is 2.37. The van der Waals surface area contributed by atoms with E-state index in [1.165, 1.54) is 0 Å². The Morgan fingerprint density at radius 3 is 2.57 bits per heavy atom. The average molecular weight is 282 g/mol. The van der Waals surface area contributed by atoms with E-state index in [1.54, 1.807) is 0 Å². The van der Waals surface area contributed by atoms with Gasteiger partial charge in [0.1, 0.15) is 5.58 Å². The lowest BCUT2D eigenvalue weighted by molar-refractivity contribution is 0.0659. The first-order valence-corrected chi connectivity index (χ1v) is 6.69. The standard InChI is InChI=1S/C17H14O4/c1-2-20-15-13-10-6-9-12(11-7-4-3-5-8-11)14(13)21-16(15)17(18)19/h3-10H,2H2,1H3,(H,18,19). The quantitative estimate of drug-likeness (QED) is 0.779. The summed E-state index contributed by atoms with van der Waals surface area (Å²) in [4.78, 5) is 11.3. The van der Waals surface area contributed by atoms with E-state index < -0.39 is 5.97 Å². The molecule has 0 aliphatic carbocycles. The maximum absolute atomic E-state index is 11.3. The number of hydrogen-bond acceptors (Lipinski definition) is 3. The summed E-state index contributed by atoms with van der Waals surface area (Å²) in [7, 11) is 0. The van der Waals surface area contributed by atoms with Crippen LogP contribution in [0.2, 0.25) is 0 Å². The van der Waals surface area contributed by atoms with Crippen molar-refractivity contribution >= 4 is 16.9 Å². The first-order valence-electron chi connectivity index (χ1n) is 6.69. The highest BCUT2D eigenvalue weighted by Gasteiger charge is 2.23. The second-order valence-electron chi connectivity index (χ2n) is 4.55. The van der Waals surface area contributed by atoms with Gasteiger partial charge in [-0.3, -0.25) is 0 Å². The van der Waals surface area contributed by atoms with Crippen LogP contribution in [0.3, 0.4) is 0 Å². The largest absolute Gasteiger partial charge is 0.489 e. The molecule has 1 N–H and O–H groups in total. The van der Waals surface area contributed by atoms with Crippen molar-refractivity contribution < 1.29 is 19.1 Å². The fraction of sp³-hybridized carbons (Fsp3) is 0.118. The zero-order valence-electron chi connectivity index (χ0n) is 11.5. The Bertz CT molecular complexity index is 787. The third-order valence-corrected chi connectivity index (χ3v) is 3.24. The van der Waals surface area contributed by atoms with Gasteiger partial charge in [-0.2, -0.15) is 0 Å². The van der Waals surface area contributed by atoms with Crippen LogP contribution in [0.4, 0.5) is 0 Å². The molecular formula is C17H14O4. The summed E-state index contributed by atoms with van der Waals surface area (Å²) < 4.78 is 11.0. The van der Waals surface area contributed by atoms with Crippen LogP contribution in [0.15, 0.2) is 52.9 Å². The molecule has 21 heavy (non-hydrogen) atoms. The van der Waals surface area contributed by atoms with Gasteiger partial charge in [0.2, 0.25) is 0 Å². The van der Waals surface area contributed by atoms with Crippen LogP contribution >= 0.6 is 0 Å². The van der Waals surface area contributed by atoms with Gasteiger partial charge < -0.3 is 14.3 Å². The highest BCUT2D eigenvalue weighted by Crippen LogP contribution is 2.38. The Morgan fingerprint density at radius 2 is 1.90 bits per heavy atom. The van der Waals surface area contributed by atoms with Crippen LogP contribution in [-0.4, -0.2) is 17.7 Å². The van der Waals surface area contributed by atoms with Gasteiger partial charge in [0.05, 0.1) is 12.0 Å². The number of fused-ring (bicyclic) bond motifs is 1. The molecule has 0 saturated carbocycles. The zero-order valence-corrected chi connectivity index (χ0v) is 11.5. The Labute approximate surface area is 121 Å². The third-order valence-electron chi connectivity index (χ3n) is 3.24. The molecule has 0 atom stereocenters. The summed E-state index contributed by atoms with van der Waals surface area (Å²) in [5.41, 5.74) is 2.35. The molecule has 3 aromatic rings. The SMILES string of the molecule is CCOc1c(C(=O)O)oc2c(-c3ccccc3)cccc12. The first kappa shape index (κ1) is 13.2. The number of furan rings is 1. The van der Waals surface area contributed by atoms with Crippen molar-refractivity contribution in [2.75, 3.05) is 6.61 Å². The molecule has 0 fully saturated rings. The van der Waals surface area contributed by atoms with Crippen molar-refractivity contribution in [2.45, 2.75) is 6.92 Å². The average Bonchev–Trinajstić information content (AvgIpc) is 2.88. The monoisotopic (exact) mass is 282 g/mol. The topological polar surface area (TPSA) is 59.7 Å². The van der Waals surface area contributed by atoms with Gasteiger partial charge in [0.15, 0.2) is 5.75 Å². The maximum Gasteiger partial charge on any atom is 0.375 e. The van der Waals surface area contributed by atoms with Gasteiger partial charge in [-0.15, -0.1) is 0 Å². The van der Waals surface area contributed by atoms with Gasteiger partial charge in [-0.05, 0) is 18.6 Å². The molecule has 1 heterocycles. The molecule has 4 heteroatoms. The van der Waals surface area contributed by atoms with Crippen molar-refractivity contribution in [3.8, 4) is 16.9 Å². The lowest BCUT2D eigenvalue weighted by Gasteiger charge is -2.03. The minimum atomic E-state index is -1.13. The van der Waals surface area contributed by atoms with E-state index in [9.17, 15) is 9.90 Å². The molecule has 0 saturated heterocycles. The molecule has 0 aliphatic heterocycles. The maximum atomic E-state index is 11.3. The number of aromatic carboxylic acids is 1. The van der Waals surface area contributed by atoms with Gasteiger partial charge in [-0.25, -0.2) is 4.79 Å². The Morgan fingerprint density at radius 1 is 1.14 bits per heavy atom. The predicted molar refractivity (Wildman–Crippen MR) is 79.8 cm³/mol. The first-order chi connectivity index (χ1) is 10.2. The van der Waals surface area contributed by atoms with Crippen LogP contribution in [-0.2, 0) is 0 Å². The summed E-state index contributed by atoms with van der Waals surface area (Å²) in [5.74, 6) is -0.998. The predicted octanol–water partition coefficient (Wildman–Crippen LogP) is 4.20. The van der Waals surface area contributed by atoms with E-state index in [0.29, 0.717) is 17.6 Å². The molecule has 0 spiro atoms. The molecule has 0 amide bonds. The molecule has 0 unspecified atom stereocenters. The van der Waals surface area contributed by atoms with Crippen LogP contribution in [0.25, 0.3) is 22.1 Å². The number of hydrogen-bond donors (Lipinski definition) is 1. The Balaban J connectivity index is 2.29.